The Labute approximate surface area is 114 Å². The highest BCUT2D eigenvalue weighted by molar-refractivity contribution is 9.10. The number of carbonyl (C=O) groups excluding carboxylic acids is 1. The number of ketones is 1. The number of aryl methyl sites for hydroxylation is 1. The Kier molecular flexibility index (Phi) is 3.65. The first-order chi connectivity index (χ1) is 8.08. The number of hydrogen-bond acceptors (Lipinski definition) is 1. The average molecular weight is 310 g/mol. The summed E-state index contributed by atoms with van der Waals surface area (Å²) in [4.78, 5) is 12.2. The second kappa shape index (κ2) is 5.03. The van der Waals surface area contributed by atoms with Crippen molar-refractivity contribution < 1.29 is 4.79 Å². The molecule has 0 atom stereocenters. The summed E-state index contributed by atoms with van der Waals surface area (Å²) < 4.78 is 1.00. The van der Waals surface area contributed by atoms with E-state index in [1.807, 2.05) is 25.1 Å². The van der Waals surface area contributed by atoms with E-state index in [1.165, 1.54) is 0 Å². The second-order valence-electron chi connectivity index (χ2n) is 3.80. The minimum Gasteiger partial charge on any atom is -0.289 e. The van der Waals surface area contributed by atoms with Gasteiger partial charge in [0.15, 0.2) is 5.78 Å². The lowest BCUT2D eigenvalue weighted by Crippen LogP contribution is -2.01. The largest absolute Gasteiger partial charge is 0.289 e. The maximum Gasteiger partial charge on any atom is 0.193 e. The lowest BCUT2D eigenvalue weighted by atomic mass is 10.0. The molecule has 0 aromatic heterocycles. The zero-order valence-corrected chi connectivity index (χ0v) is 11.5. The van der Waals surface area contributed by atoms with E-state index in [0.29, 0.717) is 16.1 Å². The van der Waals surface area contributed by atoms with Gasteiger partial charge in [-0.3, -0.25) is 4.79 Å². The van der Waals surface area contributed by atoms with Crippen LogP contribution < -0.4 is 0 Å². The Morgan fingerprint density at radius 1 is 1.06 bits per heavy atom. The van der Waals surface area contributed by atoms with Crippen LogP contribution in [0.25, 0.3) is 0 Å². The highest BCUT2D eigenvalue weighted by Crippen LogP contribution is 2.20. The van der Waals surface area contributed by atoms with E-state index in [4.69, 9.17) is 11.6 Å². The Morgan fingerprint density at radius 2 is 1.65 bits per heavy atom. The smallest absolute Gasteiger partial charge is 0.193 e. The van der Waals surface area contributed by atoms with E-state index >= 15 is 0 Å². The number of hydrogen-bond donors (Lipinski definition) is 0. The first-order valence-corrected chi connectivity index (χ1v) is 6.31. The molecule has 0 spiro atoms. The maximum absolute atomic E-state index is 12.2. The molecule has 0 heterocycles. The van der Waals surface area contributed by atoms with E-state index in [9.17, 15) is 4.79 Å². The van der Waals surface area contributed by atoms with Gasteiger partial charge in [0.05, 0.1) is 0 Å². The van der Waals surface area contributed by atoms with E-state index in [1.54, 1.807) is 24.3 Å². The minimum atomic E-state index is 0.0114. The topological polar surface area (TPSA) is 17.1 Å². The summed E-state index contributed by atoms with van der Waals surface area (Å²) >= 11 is 9.21. The van der Waals surface area contributed by atoms with Crippen LogP contribution in [0.2, 0.25) is 5.02 Å². The van der Waals surface area contributed by atoms with Crippen LogP contribution in [0, 0.1) is 6.92 Å². The molecule has 0 aliphatic heterocycles. The van der Waals surface area contributed by atoms with Crippen LogP contribution in [0.3, 0.4) is 0 Å². The third kappa shape index (κ3) is 2.76. The van der Waals surface area contributed by atoms with Crippen molar-refractivity contribution in [2.75, 3.05) is 0 Å². The third-order valence-corrected chi connectivity index (χ3v) is 3.67. The molecule has 1 nitrogen and oxygen atoms in total. The summed E-state index contributed by atoms with van der Waals surface area (Å²) in [6, 6.07) is 12.5. The van der Waals surface area contributed by atoms with E-state index in [2.05, 4.69) is 15.9 Å². The average Bonchev–Trinajstić information content (AvgIpc) is 2.33. The summed E-state index contributed by atoms with van der Waals surface area (Å²) in [6.07, 6.45) is 0. The second-order valence-corrected chi connectivity index (χ2v) is 5.09. The fourth-order valence-electron chi connectivity index (χ4n) is 1.55. The first-order valence-electron chi connectivity index (χ1n) is 5.14. The monoisotopic (exact) mass is 308 g/mol. The Balaban J connectivity index is 2.37. The molecule has 2 aromatic rings. The van der Waals surface area contributed by atoms with Crippen molar-refractivity contribution in [2.45, 2.75) is 6.92 Å². The van der Waals surface area contributed by atoms with Gasteiger partial charge in [-0.1, -0.05) is 27.5 Å². The fraction of sp³-hybridized carbons (Fsp3) is 0.0714. The summed E-state index contributed by atoms with van der Waals surface area (Å²) in [7, 11) is 0. The summed E-state index contributed by atoms with van der Waals surface area (Å²) in [5.74, 6) is 0.0114. The van der Waals surface area contributed by atoms with Gasteiger partial charge < -0.3 is 0 Å². The van der Waals surface area contributed by atoms with E-state index in [-0.39, 0.29) is 5.78 Å². The lowest BCUT2D eigenvalue weighted by Gasteiger charge is -2.04. The highest BCUT2D eigenvalue weighted by atomic mass is 79.9. The summed E-state index contributed by atoms with van der Waals surface area (Å²) in [5.41, 5.74) is 2.38. The number of benzene rings is 2. The molecule has 86 valence electrons. The predicted octanol–water partition coefficient (Wildman–Crippen LogP) is 4.64. The van der Waals surface area contributed by atoms with Gasteiger partial charge in [0, 0.05) is 20.6 Å². The predicted molar refractivity (Wildman–Crippen MR) is 73.8 cm³/mol. The van der Waals surface area contributed by atoms with Crippen molar-refractivity contribution in [3.63, 3.8) is 0 Å². The first kappa shape index (κ1) is 12.3. The molecule has 2 aromatic carbocycles. The van der Waals surface area contributed by atoms with Gasteiger partial charge in [-0.2, -0.15) is 0 Å². The molecular weight excluding hydrogens is 300 g/mol. The molecule has 2 rings (SSSR count). The molecule has 0 fully saturated rings. The molecule has 0 saturated heterocycles. The molecule has 0 bridgehead atoms. The molecule has 0 aliphatic carbocycles. The van der Waals surface area contributed by atoms with Crippen LogP contribution >= 0.6 is 27.5 Å². The molecular formula is C14H10BrClO. The van der Waals surface area contributed by atoms with Gasteiger partial charge >= 0.3 is 0 Å². The van der Waals surface area contributed by atoms with Crippen molar-refractivity contribution in [3.05, 3.63) is 68.7 Å². The van der Waals surface area contributed by atoms with Crippen molar-refractivity contribution in [3.8, 4) is 0 Å². The van der Waals surface area contributed by atoms with Gasteiger partial charge in [-0.25, -0.2) is 0 Å². The normalized spacial score (nSPS) is 10.3. The Hall–Kier alpha value is -1.12. The number of rotatable bonds is 2. The van der Waals surface area contributed by atoms with Gasteiger partial charge in [0.1, 0.15) is 0 Å². The molecule has 0 saturated carbocycles. The van der Waals surface area contributed by atoms with E-state index < -0.39 is 0 Å². The number of carbonyl (C=O) groups is 1. The molecule has 0 radical (unpaired) electrons. The summed E-state index contributed by atoms with van der Waals surface area (Å²) in [5, 5.41) is 0.633. The van der Waals surface area contributed by atoms with Crippen LogP contribution in [-0.2, 0) is 0 Å². The zero-order valence-electron chi connectivity index (χ0n) is 9.21. The number of halogens is 2. The standard InChI is InChI=1S/C14H10BrClO/c1-9-8-11(4-7-13(9)15)14(17)10-2-5-12(16)6-3-10/h2-8H,1H3. The minimum absolute atomic E-state index is 0.0114. The van der Waals surface area contributed by atoms with Gasteiger partial charge in [0.25, 0.3) is 0 Å². The maximum atomic E-state index is 12.2. The van der Waals surface area contributed by atoms with Crippen molar-refractivity contribution in [1.29, 1.82) is 0 Å². The van der Waals surface area contributed by atoms with Crippen LogP contribution in [0.1, 0.15) is 21.5 Å². The Morgan fingerprint density at radius 3 is 2.24 bits per heavy atom. The molecule has 17 heavy (non-hydrogen) atoms. The van der Waals surface area contributed by atoms with Crippen LogP contribution in [-0.4, -0.2) is 5.78 Å². The quantitative estimate of drug-likeness (QED) is 0.738. The van der Waals surface area contributed by atoms with E-state index in [0.717, 1.165) is 10.0 Å². The molecule has 0 N–H and O–H groups in total. The highest BCUT2D eigenvalue weighted by Gasteiger charge is 2.09. The SMILES string of the molecule is Cc1cc(C(=O)c2ccc(Cl)cc2)ccc1Br. The van der Waals surface area contributed by atoms with Crippen LogP contribution in [0.4, 0.5) is 0 Å². The van der Waals surface area contributed by atoms with Crippen LogP contribution in [0.5, 0.6) is 0 Å². The van der Waals surface area contributed by atoms with Crippen LogP contribution in [0.15, 0.2) is 46.9 Å². The molecule has 0 amide bonds. The van der Waals surface area contributed by atoms with Gasteiger partial charge in [-0.15, -0.1) is 0 Å². The lowest BCUT2D eigenvalue weighted by molar-refractivity contribution is 0.103. The Bertz CT molecular complexity index is 561. The molecule has 3 heteroatoms. The van der Waals surface area contributed by atoms with Gasteiger partial charge in [0.2, 0.25) is 0 Å². The molecule has 0 aliphatic rings. The van der Waals surface area contributed by atoms with Crippen molar-refractivity contribution in [2.24, 2.45) is 0 Å². The zero-order chi connectivity index (χ0) is 12.4. The van der Waals surface area contributed by atoms with Crippen molar-refractivity contribution in [1.82, 2.24) is 0 Å². The third-order valence-electron chi connectivity index (χ3n) is 2.53. The fourth-order valence-corrected chi connectivity index (χ4v) is 1.93. The summed E-state index contributed by atoms with van der Waals surface area (Å²) in [6.45, 7) is 1.96. The molecule has 0 unspecified atom stereocenters. The van der Waals surface area contributed by atoms with Crippen molar-refractivity contribution >= 4 is 33.3 Å². The van der Waals surface area contributed by atoms with Gasteiger partial charge in [-0.05, 0) is 55.0 Å².